The van der Waals surface area contributed by atoms with E-state index >= 15 is 0 Å². The molecule has 0 radical (unpaired) electrons. The van der Waals surface area contributed by atoms with Crippen LogP contribution < -0.4 is 10.0 Å². The quantitative estimate of drug-likeness (QED) is 0.867. The van der Waals surface area contributed by atoms with Gasteiger partial charge in [0.1, 0.15) is 0 Å². The van der Waals surface area contributed by atoms with E-state index < -0.39 is 10.0 Å². The van der Waals surface area contributed by atoms with Crippen molar-refractivity contribution in [1.82, 2.24) is 5.32 Å². The molecule has 0 bridgehead atoms. The first-order valence-corrected chi connectivity index (χ1v) is 9.16. The fraction of sp³-hybridized carbons (Fsp3) is 0.188. The van der Waals surface area contributed by atoms with Gasteiger partial charge in [0.25, 0.3) is 5.91 Å². The van der Waals surface area contributed by atoms with Crippen LogP contribution in [0, 0.1) is 0 Å². The molecule has 0 saturated heterocycles. The Morgan fingerprint density at radius 2 is 1.83 bits per heavy atom. The van der Waals surface area contributed by atoms with Gasteiger partial charge in [-0.15, -0.1) is 0 Å². The maximum Gasteiger partial charge on any atom is 0.251 e. The van der Waals surface area contributed by atoms with E-state index in [1.165, 1.54) is 0 Å². The molecule has 1 unspecified atom stereocenters. The summed E-state index contributed by atoms with van der Waals surface area (Å²) < 4.78 is 25.0. The smallest absolute Gasteiger partial charge is 0.251 e. The largest absolute Gasteiger partial charge is 0.346 e. The van der Waals surface area contributed by atoms with E-state index in [-0.39, 0.29) is 11.9 Å². The highest BCUT2D eigenvalue weighted by atomic mass is 35.5. The van der Waals surface area contributed by atoms with Gasteiger partial charge < -0.3 is 5.32 Å². The molecule has 5 nitrogen and oxygen atoms in total. The molecule has 0 aromatic heterocycles. The molecule has 7 heteroatoms. The minimum atomic E-state index is -3.34. The van der Waals surface area contributed by atoms with Crippen molar-refractivity contribution in [1.29, 1.82) is 0 Å². The predicted molar refractivity (Wildman–Crippen MR) is 92.2 cm³/mol. The molecule has 0 fully saturated rings. The summed E-state index contributed by atoms with van der Waals surface area (Å²) in [6, 6.07) is 13.3. The van der Waals surface area contributed by atoms with Crippen molar-refractivity contribution in [3.05, 3.63) is 64.7 Å². The van der Waals surface area contributed by atoms with Gasteiger partial charge in [-0.1, -0.05) is 29.8 Å². The van der Waals surface area contributed by atoms with E-state index in [4.69, 9.17) is 11.6 Å². The number of rotatable bonds is 5. The monoisotopic (exact) mass is 352 g/mol. The molecule has 0 spiro atoms. The minimum absolute atomic E-state index is 0.249. The predicted octanol–water partition coefficient (Wildman–Crippen LogP) is 3.20. The van der Waals surface area contributed by atoms with Crippen LogP contribution in [0.15, 0.2) is 48.5 Å². The van der Waals surface area contributed by atoms with Crippen LogP contribution in [-0.2, 0) is 10.0 Å². The SMILES string of the molecule is CC(NC(=O)c1cccc(Cl)c1)c1cccc(NS(C)(=O)=O)c1. The second-order valence-corrected chi connectivity index (χ2v) is 7.39. The van der Waals surface area contributed by atoms with E-state index in [1.54, 1.807) is 42.5 Å². The molecule has 0 aliphatic rings. The lowest BCUT2D eigenvalue weighted by Crippen LogP contribution is -2.26. The highest BCUT2D eigenvalue weighted by molar-refractivity contribution is 7.92. The molecule has 2 aromatic rings. The summed E-state index contributed by atoms with van der Waals surface area (Å²) in [6.45, 7) is 1.82. The average Bonchev–Trinajstić information content (AvgIpc) is 2.45. The van der Waals surface area contributed by atoms with E-state index in [2.05, 4.69) is 10.0 Å². The number of anilines is 1. The van der Waals surface area contributed by atoms with Gasteiger partial charge in [-0.2, -0.15) is 0 Å². The van der Waals surface area contributed by atoms with E-state index in [0.717, 1.165) is 11.8 Å². The Morgan fingerprint density at radius 1 is 1.13 bits per heavy atom. The molecule has 0 aliphatic carbocycles. The van der Waals surface area contributed by atoms with Gasteiger partial charge in [0, 0.05) is 16.3 Å². The summed E-state index contributed by atoms with van der Waals surface area (Å²) in [5.41, 5.74) is 1.71. The normalized spacial score (nSPS) is 12.5. The molecule has 2 aromatic carbocycles. The standard InChI is InChI=1S/C16H17ClN2O3S/c1-11(18-16(20)13-6-3-7-14(17)9-13)12-5-4-8-15(10-12)19-23(2,21)22/h3-11,19H,1-2H3,(H,18,20). The summed E-state index contributed by atoms with van der Waals surface area (Å²) in [5.74, 6) is -0.249. The van der Waals surface area contributed by atoms with Crippen molar-refractivity contribution in [2.45, 2.75) is 13.0 Å². The van der Waals surface area contributed by atoms with Crippen molar-refractivity contribution in [2.24, 2.45) is 0 Å². The Morgan fingerprint density at radius 3 is 2.48 bits per heavy atom. The van der Waals surface area contributed by atoms with Gasteiger partial charge in [-0.3, -0.25) is 9.52 Å². The number of benzene rings is 2. The zero-order chi connectivity index (χ0) is 17.0. The summed E-state index contributed by atoms with van der Waals surface area (Å²) in [6.07, 6.45) is 1.09. The number of carbonyl (C=O) groups is 1. The second-order valence-electron chi connectivity index (χ2n) is 5.21. The first-order chi connectivity index (χ1) is 10.7. The number of nitrogens with one attached hydrogen (secondary N) is 2. The van der Waals surface area contributed by atoms with Crippen molar-refractivity contribution in [3.63, 3.8) is 0 Å². The van der Waals surface area contributed by atoms with Crippen molar-refractivity contribution >= 4 is 33.2 Å². The van der Waals surface area contributed by atoms with E-state index in [1.807, 2.05) is 13.0 Å². The van der Waals surface area contributed by atoms with E-state index in [9.17, 15) is 13.2 Å². The van der Waals surface area contributed by atoms with Gasteiger partial charge >= 0.3 is 0 Å². The van der Waals surface area contributed by atoms with Crippen LogP contribution >= 0.6 is 11.6 Å². The molecule has 0 aliphatic heterocycles. The third-order valence-corrected chi connectivity index (χ3v) is 3.97. The number of carbonyl (C=O) groups excluding carboxylic acids is 1. The lowest BCUT2D eigenvalue weighted by molar-refractivity contribution is 0.0940. The molecule has 1 amide bonds. The van der Waals surface area contributed by atoms with Crippen LogP contribution in [0.1, 0.15) is 28.9 Å². The van der Waals surface area contributed by atoms with E-state index in [0.29, 0.717) is 16.3 Å². The van der Waals surface area contributed by atoms with Gasteiger partial charge in [0.15, 0.2) is 0 Å². The average molecular weight is 353 g/mol. The number of amides is 1. The van der Waals surface area contributed by atoms with Crippen molar-refractivity contribution in [2.75, 3.05) is 11.0 Å². The molecule has 2 rings (SSSR count). The Bertz CT molecular complexity index is 822. The fourth-order valence-corrected chi connectivity index (χ4v) is 2.82. The molecule has 122 valence electrons. The van der Waals surface area contributed by atoms with Gasteiger partial charge in [-0.05, 0) is 42.8 Å². The van der Waals surface area contributed by atoms with Crippen LogP contribution in [0.5, 0.6) is 0 Å². The lowest BCUT2D eigenvalue weighted by Gasteiger charge is -2.16. The Balaban J connectivity index is 2.13. The van der Waals surface area contributed by atoms with Gasteiger partial charge in [0.05, 0.1) is 12.3 Å². The molecule has 1 atom stereocenters. The molecule has 23 heavy (non-hydrogen) atoms. The fourth-order valence-electron chi connectivity index (χ4n) is 2.08. The maximum atomic E-state index is 12.2. The third kappa shape index (κ3) is 5.26. The molecular formula is C16H17ClN2O3S. The zero-order valence-electron chi connectivity index (χ0n) is 12.7. The summed E-state index contributed by atoms with van der Waals surface area (Å²) in [7, 11) is -3.34. The van der Waals surface area contributed by atoms with Crippen molar-refractivity contribution < 1.29 is 13.2 Å². The molecular weight excluding hydrogens is 336 g/mol. The Hall–Kier alpha value is -2.05. The maximum absolute atomic E-state index is 12.2. The van der Waals surface area contributed by atoms with Crippen LogP contribution in [-0.4, -0.2) is 20.6 Å². The number of halogens is 1. The molecule has 0 saturated carbocycles. The molecule has 0 heterocycles. The van der Waals surface area contributed by atoms with Crippen molar-refractivity contribution in [3.8, 4) is 0 Å². The highest BCUT2D eigenvalue weighted by Gasteiger charge is 2.12. The Labute approximate surface area is 140 Å². The van der Waals surface area contributed by atoms with Gasteiger partial charge in [0.2, 0.25) is 10.0 Å². The van der Waals surface area contributed by atoms with Crippen LogP contribution in [0.25, 0.3) is 0 Å². The highest BCUT2D eigenvalue weighted by Crippen LogP contribution is 2.19. The first kappa shape index (κ1) is 17.3. The first-order valence-electron chi connectivity index (χ1n) is 6.89. The number of hydrogen-bond donors (Lipinski definition) is 2. The molecule has 2 N–H and O–H groups in total. The van der Waals surface area contributed by atoms with Crippen LogP contribution in [0.3, 0.4) is 0 Å². The topological polar surface area (TPSA) is 75.3 Å². The summed E-state index contributed by atoms with van der Waals surface area (Å²) >= 11 is 5.88. The minimum Gasteiger partial charge on any atom is -0.346 e. The second kappa shape index (κ2) is 7.02. The Kier molecular flexibility index (Phi) is 5.28. The van der Waals surface area contributed by atoms with Crippen LogP contribution in [0.2, 0.25) is 5.02 Å². The van der Waals surface area contributed by atoms with Crippen LogP contribution in [0.4, 0.5) is 5.69 Å². The third-order valence-electron chi connectivity index (χ3n) is 3.12. The zero-order valence-corrected chi connectivity index (χ0v) is 14.3. The number of hydrogen-bond acceptors (Lipinski definition) is 3. The lowest BCUT2D eigenvalue weighted by atomic mass is 10.1. The number of sulfonamides is 1. The summed E-state index contributed by atoms with van der Waals surface area (Å²) in [5, 5.41) is 3.35. The van der Waals surface area contributed by atoms with Gasteiger partial charge in [-0.25, -0.2) is 8.42 Å². The summed E-state index contributed by atoms with van der Waals surface area (Å²) in [4.78, 5) is 12.2.